The van der Waals surface area contributed by atoms with Gasteiger partial charge in [0, 0.05) is 0 Å². The molecule has 2 unspecified atom stereocenters. The Labute approximate surface area is 73.9 Å². The molecular formula is C10H23P. The Hall–Kier alpha value is 0.430. The first-order valence-electron chi connectivity index (χ1n) is 5.12. The van der Waals surface area contributed by atoms with Gasteiger partial charge >= 0.3 is 0 Å². The third-order valence-electron chi connectivity index (χ3n) is 2.32. The lowest BCUT2D eigenvalue weighted by Crippen LogP contribution is -1.90. The molecule has 68 valence electrons. The van der Waals surface area contributed by atoms with Crippen LogP contribution < -0.4 is 0 Å². The largest absolute Gasteiger partial charge is 0.116 e. The van der Waals surface area contributed by atoms with Gasteiger partial charge in [0.2, 0.25) is 0 Å². The first kappa shape index (κ1) is 11.4. The zero-order chi connectivity index (χ0) is 8.69. The second-order valence-electron chi connectivity index (χ2n) is 2.95. The molecule has 0 saturated carbocycles. The smallest absolute Gasteiger partial charge is 0.0237 e. The second kappa shape index (κ2) is 7.10. The van der Waals surface area contributed by atoms with Crippen LogP contribution in [0.15, 0.2) is 0 Å². The fourth-order valence-corrected chi connectivity index (χ4v) is 3.35. The van der Waals surface area contributed by atoms with Gasteiger partial charge in [-0.2, -0.15) is 0 Å². The highest BCUT2D eigenvalue weighted by molar-refractivity contribution is 7.40. The highest BCUT2D eigenvalue weighted by Gasteiger charge is 2.20. The minimum atomic E-state index is 1.11. The van der Waals surface area contributed by atoms with E-state index in [1.54, 1.807) is 0 Å². The van der Waals surface area contributed by atoms with Crippen LogP contribution in [-0.4, -0.2) is 11.3 Å². The van der Waals surface area contributed by atoms with Crippen LogP contribution in [0.1, 0.15) is 53.4 Å². The summed E-state index contributed by atoms with van der Waals surface area (Å²) < 4.78 is 0. The molecule has 1 rings (SSSR count). The summed E-state index contributed by atoms with van der Waals surface area (Å²) in [5.74, 6) is 0. The Morgan fingerprint density at radius 1 is 1.00 bits per heavy atom. The van der Waals surface area contributed by atoms with Crippen molar-refractivity contribution >= 4 is 8.58 Å². The third kappa shape index (κ3) is 4.11. The summed E-state index contributed by atoms with van der Waals surface area (Å²) >= 11 is 0. The van der Waals surface area contributed by atoms with Crippen LogP contribution in [0.25, 0.3) is 0 Å². The molecule has 1 heteroatoms. The Kier molecular flexibility index (Phi) is 7.38. The summed E-state index contributed by atoms with van der Waals surface area (Å²) in [5.41, 5.74) is 2.21. The van der Waals surface area contributed by atoms with E-state index in [0.29, 0.717) is 0 Å². The van der Waals surface area contributed by atoms with Crippen LogP contribution in [0, 0.1) is 0 Å². The van der Waals surface area contributed by atoms with E-state index in [2.05, 4.69) is 13.8 Å². The fourth-order valence-electron chi connectivity index (χ4n) is 1.55. The summed E-state index contributed by atoms with van der Waals surface area (Å²) in [6, 6.07) is 0. The Morgan fingerprint density at radius 2 is 1.36 bits per heavy atom. The van der Waals surface area contributed by atoms with Crippen LogP contribution in [0.3, 0.4) is 0 Å². The van der Waals surface area contributed by atoms with Gasteiger partial charge in [-0.25, -0.2) is 0 Å². The van der Waals surface area contributed by atoms with Crippen molar-refractivity contribution in [3.05, 3.63) is 0 Å². The topological polar surface area (TPSA) is 0 Å². The van der Waals surface area contributed by atoms with E-state index in [4.69, 9.17) is 0 Å². The maximum Gasteiger partial charge on any atom is -0.0237 e. The van der Waals surface area contributed by atoms with Crippen molar-refractivity contribution in [2.24, 2.45) is 0 Å². The minimum absolute atomic E-state index is 1.11. The van der Waals surface area contributed by atoms with E-state index in [1.165, 1.54) is 34.3 Å². The van der Waals surface area contributed by atoms with Crippen molar-refractivity contribution in [1.29, 1.82) is 0 Å². The average Bonchev–Trinajstić information content (AvgIpc) is 2.55. The molecule has 2 atom stereocenters. The van der Waals surface area contributed by atoms with Gasteiger partial charge in [0.15, 0.2) is 0 Å². The van der Waals surface area contributed by atoms with Gasteiger partial charge in [0.05, 0.1) is 0 Å². The molecule has 1 fully saturated rings. The normalized spacial score (nSPS) is 31.6. The third-order valence-corrected chi connectivity index (χ3v) is 4.66. The highest BCUT2D eigenvalue weighted by atomic mass is 31.1. The van der Waals surface area contributed by atoms with Crippen molar-refractivity contribution in [3.63, 3.8) is 0 Å². The quantitative estimate of drug-likeness (QED) is 0.554. The molecule has 0 radical (unpaired) electrons. The number of rotatable bonds is 2. The van der Waals surface area contributed by atoms with E-state index in [9.17, 15) is 0 Å². The molecule has 0 aromatic carbocycles. The molecule has 1 aliphatic heterocycles. The molecule has 0 spiro atoms. The molecule has 1 heterocycles. The van der Waals surface area contributed by atoms with E-state index >= 15 is 0 Å². The highest BCUT2D eigenvalue weighted by Crippen LogP contribution is 2.42. The van der Waals surface area contributed by atoms with Gasteiger partial charge in [-0.1, -0.05) is 27.7 Å². The Bertz CT molecular complexity index is 70.9. The van der Waals surface area contributed by atoms with E-state index < -0.39 is 0 Å². The van der Waals surface area contributed by atoms with Gasteiger partial charge < -0.3 is 0 Å². The lowest BCUT2D eigenvalue weighted by molar-refractivity contribution is 0.696. The fraction of sp³-hybridized carbons (Fsp3) is 1.00. The lowest BCUT2D eigenvalue weighted by Gasteiger charge is -2.05. The summed E-state index contributed by atoms with van der Waals surface area (Å²) in [6.07, 6.45) is 5.89. The maximum atomic E-state index is 2.33. The molecule has 0 aliphatic carbocycles. The van der Waals surface area contributed by atoms with Crippen LogP contribution in [0.2, 0.25) is 0 Å². The standard InChI is InChI=1S/C8H17P.C2H6/c1-3-7-5-6-8(4-2)9-7;1-2/h7-9H,3-6H2,1-2H3;1-2H3. The van der Waals surface area contributed by atoms with Crippen molar-refractivity contribution in [2.45, 2.75) is 64.7 Å². The van der Waals surface area contributed by atoms with E-state index in [-0.39, 0.29) is 0 Å². The summed E-state index contributed by atoms with van der Waals surface area (Å²) in [6.45, 7) is 8.66. The minimum Gasteiger partial charge on any atom is -0.116 e. The second-order valence-corrected chi connectivity index (χ2v) is 4.92. The predicted molar refractivity (Wildman–Crippen MR) is 57.1 cm³/mol. The van der Waals surface area contributed by atoms with Crippen molar-refractivity contribution < 1.29 is 0 Å². The number of hydrogen-bond donors (Lipinski definition) is 0. The summed E-state index contributed by atoms with van der Waals surface area (Å²) in [7, 11) is 1.29. The molecule has 0 bridgehead atoms. The molecule has 0 amide bonds. The van der Waals surface area contributed by atoms with Gasteiger partial charge in [0.1, 0.15) is 0 Å². The summed E-state index contributed by atoms with van der Waals surface area (Å²) in [4.78, 5) is 0. The Balaban J connectivity index is 0.000000461. The predicted octanol–water partition coefficient (Wildman–Crippen LogP) is 4.04. The number of hydrogen-bond acceptors (Lipinski definition) is 0. The zero-order valence-electron chi connectivity index (χ0n) is 8.48. The summed E-state index contributed by atoms with van der Waals surface area (Å²) in [5, 5.41) is 0. The van der Waals surface area contributed by atoms with E-state index in [1.807, 2.05) is 13.8 Å². The molecule has 0 nitrogen and oxygen atoms in total. The van der Waals surface area contributed by atoms with Crippen molar-refractivity contribution in [2.75, 3.05) is 0 Å². The van der Waals surface area contributed by atoms with Crippen LogP contribution in [-0.2, 0) is 0 Å². The van der Waals surface area contributed by atoms with Gasteiger partial charge in [-0.15, -0.1) is 8.58 Å². The molecule has 0 aromatic heterocycles. The van der Waals surface area contributed by atoms with Crippen molar-refractivity contribution in [3.8, 4) is 0 Å². The van der Waals surface area contributed by atoms with Crippen molar-refractivity contribution in [1.82, 2.24) is 0 Å². The first-order valence-corrected chi connectivity index (χ1v) is 6.28. The molecule has 0 aromatic rings. The van der Waals surface area contributed by atoms with Crippen LogP contribution in [0.5, 0.6) is 0 Å². The molecule has 1 aliphatic rings. The SMILES string of the molecule is CC.CCC1CCC(CC)P1. The molecule has 1 saturated heterocycles. The van der Waals surface area contributed by atoms with Gasteiger partial charge in [-0.05, 0) is 37.0 Å². The van der Waals surface area contributed by atoms with Gasteiger partial charge in [0.25, 0.3) is 0 Å². The first-order chi connectivity index (χ1) is 5.36. The molecule has 11 heavy (non-hydrogen) atoms. The van der Waals surface area contributed by atoms with Crippen LogP contribution >= 0.6 is 8.58 Å². The average molecular weight is 174 g/mol. The monoisotopic (exact) mass is 174 g/mol. The molecule has 0 N–H and O–H groups in total. The van der Waals surface area contributed by atoms with Crippen LogP contribution in [0.4, 0.5) is 0 Å². The molecular weight excluding hydrogens is 151 g/mol. The van der Waals surface area contributed by atoms with Gasteiger partial charge in [-0.3, -0.25) is 0 Å². The lowest BCUT2D eigenvalue weighted by atomic mass is 10.1. The zero-order valence-corrected chi connectivity index (χ0v) is 9.48. The maximum absolute atomic E-state index is 2.33. The Morgan fingerprint density at radius 3 is 1.55 bits per heavy atom. The van der Waals surface area contributed by atoms with E-state index in [0.717, 1.165) is 11.3 Å².